The fourth-order valence-corrected chi connectivity index (χ4v) is 3.14. The first-order chi connectivity index (χ1) is 13.3. The Hall–Kier alpha value is -2.70. The first kappa shape index (κ1) is 21.6. The number of nitrogens with zero attached hydrogens (tertiary/aromatic N) is 3. The van der Waals surface area contributed by atoms with Gasteiger partial charge in [-0.05, 0) is 41.7 Å². The van der Waals surface area contributed by atoms with Crippen LogP contribution in [0.3, 0.4) is 0 Å². The van der Waals surface area contributed by atoms with Gasteiger partial charge in [0.1, 0.15) is 0 Å². The summed E-state index contributed by atoms with van der Waals surface area (Å²) in [7, 11) is 0. The van der Waals surface area contributed by atoms with Crippen molar-refractivity contribution < 1.29 is 9.72 Å². The predicted molar refractivity (Wildman–Crippen MR) is 109 cm³/mol. The quantitative estimate of drug-likeness (QED) is 0.507. The summed E-state index contributed by atoms with van der Waals surface area (Å²) < 4.78 is 1.52. The number of aryl methyl sites for hydroxylation is 1. The summed E-state index contributed by atoms with van der Waals surface area (Å²) in [5.74, 6) is -0.120. The largest absolute Gasteiger partial charge is 0.390 e. The highest BCUT2D eigenvalue weighted by Crippen LogP contribution is 2.23. The Balaban J connectivity index is 2.03. The minimum absolute atomic E-state index is 0.0611. The average Bonchev–Trinajstić information content (AvgIpc) is 3.06. The van der Waals surface area contributed by atoms with Crippen molar-refractivity contribution in [2.24, 2.45) is 5.92 Å². The summed E-state index contributed by atoms with van der Waals surface area (Å²) in [5, 5.41) is 17.9. The van der Waals surface area contributed by atoms with Gasteiger partial charge < -0.3 is 15.4 Å². The van der Waals surface area contributed by atoms with Crippen LogP contribution in [0.15, 0.2) is 30.3 Å². The van der Waals surface area contributed by atoms with E-state index >= 15 is 0 Å². The number of nitrogens with one attached hydrogen (secondary N) is 1. The van der Waals surface area contributed by atoms with E-state index < -0.39 is 4.92 Å². The summed E-state index contributed by atoms with van der Waals surface area (Å²) in [4.78, 5) is 23.0. The van der Waals surface area contributed by atoms with Gasteiger partial charge >= 0.3 is 5.82 Å². The molecule has 0 radical (unpaired) electrons. The van der Waals surface area contributed by atoms with Crippen molar-refractivity contribution in [1.29, 1.82) is 0 Å². The second-order valence-corrected chi connectivity index (χ2v) is 7.43. The monoisotopic (exact) mass is 386 g/mol. The molecule has 7 nitrogen and oxygen atoms in total. The summed E-state index contributed by atoms with van der Waals surface area (Å²) in [5.41, 5.74) is 3.05. The maximum atomic E-state index is 12.7. The summed E-state index contributed by atoms with van der Waals surface area (Å²) in [6.45, 7) is 10.3. The standard InChI is InChI=1S/C21H30N4O3/c1-6-14(3)17-8-10-18(11-9-17)19(7-2)22-21(26)15(4)13-24-16(5)12-20(23-24)25(27)28/h8-12,14-15,19H,6-7,13H2,1-5H3,(H,22,26). The zero-order chi connectivity index (χ0) is 20.8. The average molecular weight is 386 g/mol. The lowest BCUT2D eigenvalue weighted by atomic mass is 9.95. The molecule has 0 bridgehead atoms. The molecule has 0 spiro atoms. The molecule has 7 heteroatoms. The van der Waals surface area contributed by atoms with Crippen LogP contribution >= 0.6 is 0 Å². The Morgan fingerprint density at radius 2 is 1.79 bits per heavy atom. The zero-order valence-electron chi connectivity index (χ0n) is 17.3. The SMILES string of the molecule is CCC(C)c1ccc(C(CC)NC(=O)C(C)Cn2nc([N+](=O)[O-])cc2C)cc1. The van der Waals surface area contributed by atoms with E-state index in [4.69, 9.17) is 0 Å². The Labute approximate surface area is 166 Å². The minimum atomic E-state index is -0.523. The van der Waals surface area contributed by atoms with E-state index in [1.54, 1.807) is 13.8 Å². The van der Waals surface area contributed by atoms with Crippen LogP contribution in [0.1, 0.15) is 69.3 Å². The van der Waals surface area contributed by atoms with Crippen molar-refractivity contribution >= 4 is 11.7 Å². The summed E-state index contributed by atoms with van der Waals surface area (Å²) in [6, 6.07) is 9.79. The third-order valence-corrected chi connectivity index (χ3v) is 5.29. The van der Waals surface area contributed by atoms with Crippen LogP contribution in [-0.4, -0.2) is 20.6 Å². The number of hydrogen-bond donors (Lipinski definition) is 1. The van der Waals surface area contributed by atoms with Crippen LogP contribution < -0.4 is 5.32 Å². The Morgan fingerprint density at radius 1 is 1.18 bits per heavy atom. The first-order valence-electron chi connectivity index (χ1n) is 9.85. The molecule has 0 fully saturated rings. The van der Waals surface area contributed by atoms with Crippen molar-refractivity contribution in [3.8, 4) is 0 Å². The van der Waals surface area contributed by atoms with Crippen molar-refractivity contribution in [1.82, 2.24) is 15.1 Å². The van der Waals surface area contributed by atoms with Gasteiger partial charge in [0.15, 0.2) is 0 Å². The first-order valence-corrected chi connectivity index (χ1v) is 9.85. The van der Waals surface area contributed by atoms with E-state index in [9.17, 15) is 14.9 Å². The van der Waals surface area contributed by atoms with E-state index in [2.05, 4.69) is 48.5 Å². The highest BCUT2D eigenvalue weighted by Gasteiger charge is 2.22. The number of hydrogen-bond acceptors (Lipinski definition) is 4. The van der Waals surface area contributed by atoms with Gasteiger partial charge in [-0.2, -0.15) is 4.68 Å². The lowest BCUT2D eigenvalue weighted by Crippen LogP contribution is -2.34. The van der Waals surface area contributed by atoms with E-state index in [-0.39, 0.29) is 23.7 Å². The number of carbonyl (C=O) groups excluding carboxylic acids is 1. The van der Waals surface area contributed by atoms with Gasteiger partial charge in [-0.1, -0.05) is 52.0 Å². The fourth-order valence-electron chi connectivity index (χ4n) is 3.14. The van der Waals surface area contributed by atoms with E-state index in [0.29, 0.717) is 18.2 Å². The second kappa shape index (κ2) is 9.48. The molecular formula is C21H30N4O3. The molecule has 1 amide bonds. The maximum Gasteiger partial charge on any atom is 0.390 e. The molecule has 152 valence electrons. The highest BCUT2D eigenvalue weighted by molar-refractivity contribution is 5.78. The molecule has 28 heavy (non-hydrogen) atoms. The lowest BCUT2D eigenvalue weighted by molar-refractivity contribution is -0.389. The fraction of sp³-hybridized carbons (Fsp3) is 0.524. The van der Waals surface area contributed by atoms with Crippen LogP contribution in [0.25, 0.3) is 0 Å². The topological polar surface area (TPSA) is 90.1 Å². The number of amides is 1. The van der Waals surface area contributed by atoms with Crippen LogP contribution in [0, 0.1) is 23.0 Å². The minimum Gasteiger partial charge on any atom is -0.358 e. The van der Waals surface area contributed by atoms with Crippen molar-refractivity contribution in [2.45, 2.75) is 66.0 Å². The van der Waals surface area contributed by atoms with Crippen LogP contribution in [0.4, 0.5) is 5.82 Å². The molecule has 3 atom stereocenters. The van der Waals surface area contributed by atoms with Crippen LogP contribution in [0.5, 0.6) is 0 Å². The Kier molecular flexibility index (Phi) is 7.31. The van der Waals surface area contributed by atoms with Crippen molar-refractivity contribution in [2.75, 3.05) is 0 Å². The summed E-state index contributed by atoms with van der Waals surface area (Å²) >= 11 is 0. The van der Waals surface area contributed by atoms with Gasteiger partial charge in [0, 0.05) is 0 Å². The molecule has 1 aromatic carbocycles. The number of aromatic nitrogens is 2. The molecule has 0 aliphatic rings. The van der Waals surface area contributed by atoms with E-state index in [1.165, 1.54) is 16.3 Å². The molecule has 1 heterocycles. The Morgan fingerprint density at radius 3 is 2.29 bits per heavy atom. The van der Waals surface area contributed by atoms with Gasteiger partial charge in [-0.15, -0.1) is 0 Å². The van der Waals surface area contributed by atoms with Crippen LogP contribution in [-0.2, 0) is 11.3 Å². The zero-order valence-corrected chi connectivity index (χ0v) is 17.3. The maximum absolute atomic E-state index is 12.7. The third kappa shape index (κ3) is 5.18. The van der Waals surface area contributed by atoms with Gasteiger partial charge in [0.05, 0.1) is 35.4 Å². The molecule has 2 aromatic rings. The van der Waals surface area contributed by atoms with E-state index in [0.717, 1.165) is 18.4 Å². The molecule has 0 saturated carbocycles. The lowest BCUT2D eigenvalue weighted by Gasteiger charge is -2.21. The van der Waals surface area contributed by atoms with Crippen LogP contribution in [0.2, 0.25) is 0 Å². The second-order valence-electron chi connectivity index (χ2n) is 7.43. The van der Waals surface area contributed by atoms with Gasteiger partial charge in [-0.25, -0.2) is 0 Å². The molecule has 0 aliphatic heterocycles. The molecule has 0 saturated heterocycles. The molecule has 3 unspecified atom stereocenters. The molecule has 2 rings (SSSR count). The van der Waals surface area contributed by atoms with E-state index in [1.807, 2.05) is 6.92 Å². The Bertz CT molecular complexity index is 814. The number of carbonyl (C=O) groups is 1. The smallest absolute Gasteiger partial charge is 0.358 e. The normalized spacial score (nSPS) is 14.3. The number of nitro groups is 1. The molecule has 0 aliphatic carbocycles. The molecular weight excluding hydrogens is 356 g/mol. The van der Waals surface area contributed by atoms with Crippen molar-refractivity contribution in [3.63, 3.8) is 0 Å². The third-order valence-electron chi connectivity index (χ3n) is 5.29. The van der Waals surface area contributed by atoms with Gasteiger partial charge in [0.25, 0.3) is 0 Å². The molecule has 1 aromatic heterocycles. The highest BCUT2D eigenvalue weighted by atomic mass is 16.6. The predicted octanol–water partition coefficient (Wildman–Crippen LogP) is 4.52. The van der Waals surface area contributed by atoms with Gasteiger partial charge in [0.2, 0.25) is 5.91 Å². The summed E-state index contributed by atoms with van der Waals surface area (Å²) in [6.07, 6.45) is 1.88. The number of rotatable bonds is 9. The number of benzene rings is 1. The molecule has 1 N–H and O–H groups in total. The van der Waals surface area contributed by atoms with Gasteiger partial charge in [-0.3, -0.25) is 4.79 Å². The van der Waals surface area contributed by atoms with Crippen molar-refractivity contribution in [3.05, 3.63) is 57.3 Å².